The molecule has 1 aromatic carbocycles. The zero-order valence-electron chi connectivity index (χ0n) is 13.4. The van der Waals surface area contributed by atoms with Crippen molar-refractivity contribution in [2.45, 2.75) is 26.9 Å². The molecule has 1 aliphatic heterocycles. The van der Waals surface area contributed by atoms with E-state index in [0.29, 0.717) is 25.5 Å². The van der Waals surface area contributed by atoms with Gasteiger partial charge in [0.2, 0.25) is 0 Å². The third-order valence-electron chi connectivity index (χ3n) is 3.34. The average molecular weight is 309 g/mol. The molecule has 2 rings (SSSR count). The lowest BCUT2D eigenvalue weighted by Crippen LogP contribution is -2.40. The highest BCUT2D eigenvalue weighted by atomic mass is 19.1. The average Bonchev–Trinajstić information content (AvgIpc) is 2.50. The molecule has 0 unspecified atom stereocenters. The molecule has 0 atom stereocenters. The molecule has 0 saturated carbocycles. The van der Waals surface area contributed by atoms with E-state index in [4.69, 9.17) is 9.47 Å². The van der Waals surface area contributed by atoms with Gasteiger partial charge in [-0.15, -0.1) is 0 Å². The molecule has 6 heteroatoms. The van der Waals surface area contributed by atoms with E-state index < -0.39 is 0 Å². The Bertz CT molecular complexity index is 532. The minimum Gasteiger partial charge on any atom is -0.467 e. The lowest BCUT2D eigenvalue weighted by atomic mass is 10.1. The second-order valence-electron chi connectivity index (χ2n) is 5.69. The molecule has 1 aliphatic rings. The highest BCUT2D eigenvalue weighted by Crippen LogP contribution is 2.29. The maximum atomic E-state index is 13.6. The fourth-order valence-electron chi connectivity index (χ4n) is 2.28. The monoisotopic (exact) mass is 309 g/mol. The molecule has 5 nitrogen and oxygen atoms in total. The Kier molecular flexibility index (Phi) is 6.00. The van der Waals surface area contributed by atoms with Crippen LogP contribution in [-0.4, -0.2) is 32.9 Å². The van der Waals surface area contributed by atoms with E-state index in [1.807, 2.05) is 0 Å². The van der Waals surface area contributed by atoms with Crippen molar-refractivity contribution in [3.05, 3.63) is 29.1 Å². The predicted molar refractivity (Wildman–Crippen MR) is 84.6 cm³/mol. The van der Waals surface area contributed by atoms with Crippen LogP contribution < -0.4 is 15.4 Å². The van der Waals surface area contributed by atoms with Crippen molar-refractivity contribution in [2.75, 3.05) is 26.9 Å². The van der Waals surface area contributed by atoms with Crippen molar-refractivity contribution in [3.63, 3.8) is 0 Å². The van der Waals surface area contributed by atoms with Gasteiger partial charge >= 0.3 is 0 Å². The van der Waals surface area contributed by atoms with Crippen molar-refractivity contribution in [1.82, 2.24) is 10.6 Å². The number of guanidine groups is 1. The molecule has 2 N–H and O–H groups in total. The normalized spacial score (nSPS) is 14.5. The maximum Gasteiger partial charge on any atom is 0.190 e. The van der Waals surface area contributed by atoms with Gasteiger partial charge in [-0.1, -0.05) is 13.8 Å². The van der Waals surface area contributed by atoms with Gasteiger partial charge in [-0.05, 0) is 30.0 Å². The zero-order valence-corrected chi connectivity index (χ0v) is 13.4. The minimum absolute atomic E-state index is 0.219. The van der Waals surface area contributed by atoms with E-state index >= 15 is 0 Å². The fourth-order valence-corrected chi connectivity index (χ4v) is 2.28. The topological polar surface area (TPSA) is 54.9 Å². The van der Waals surface area contributed by atoms with Crippen LogP contribution in [0.5, 0.6) is 5.75 Å². The van der Waals surface area contributed by atoms with Gasteiger partial charge in [0.25, 0.3) is 0 Å². The number of hydrogen-bond donors (Lipinski definition) is 2. The Hall–Kier alpha value is -1.82. The quantitative estimate of drug-likeness (QED) is 0.646. The summed E-state index contributed by atoms with van der Waals surface area (Å²) in [4.78, 5) is 4.17. The number of fused-ring (bicyclic) bond motifs is 1. The smallest absolute Gasteiger partial charge is 0.190 e. The van der Waals surface area contributed by atoms with Crippen LogP contribution >= 0.6 is 0 Å². The van der Waals surface area contributed by atoms with E-state index in [2.05, 4.69) is 29.5 Å². The Morgan fingerprint density at radius 3 is 2.91 bits per heavy atom. The van der Waals surface area contributed by atoms with Crippen LogP contribution in [0.1, 0.15) is 25.0 Å². The van der Waals surface area contributed by atoms with Gasteiger partial charge in [0.05, 0.1) is 6.61 Å². The molecule has 0 fully saturated rings. The van der Waals surface area contributed by atoms with E-state index in [0.717, 1.165) is 29.4 Å². The standard InChI is InChI=1S/C16H24FN3O2/c1-11(2)8-20-16(18-3)19-5-4-12-6-14(17)7-13-9-21-10-22-15(12)13/h6-7,11H,4-5,8-10H2,1-3H3,(H2,18,19,20). The summed E-state index contributed by atoms with van der Waals surface area (Å²) in [5.41, 5.74) is 1.62. The molecular formula is C16H24FN3O2. The van der Waals surface area contributed by atoms with Crippen molar-refractivity contribution >= 4 is 5.96 Å². The van der Waals surface area contributed by atoms with Crippen LogP contribution in [0.4, 0.5) is 4.39 Å². The molecule has 0 bridgehead atoms. The lowest BCUT2D eigenvalue weighted by molar-refractivity contribution is -0.0172. The highest BCUT2D eigenvalue weighted by Gasteiger charge is 2.16. The summed E-state index contributed by atoms with van der Waals surface area (Å²) in [5, 5.41) is 6.47. The first-order valence-corrected chi connectivity index (χ1v) is 7.56. The molecular weight excluding hydrogens is 285 g/mol. The SMILES string of the molecule is CN=C(NCCc1cc(F)cc2c1OCOC2)NCC(C)C. The molecule has 0 spiro atoms. The summed E-state index contributed by atoms with van der Waals surface area (Å²) in [6.07, 6.45) is 0.655. The van der Waals surface area contributed by atoms with Crippen LogP contribution in [0.2, 0.25) is 0 Å². The van der Waals surface area contributed by atoms with Gasteiger partial charge in [0.15, 0.2) is 12.8 Å². The van der Waals surface area contributed by atoms with Crippen LogP contribution in [0.25, 0.3) is 0 Å². The number of halogens is 1. The number of hydrogen-bond acceptors (Lipinski definition) is 3. The molecule has 0 aromatic heterocycles. The summed E-state index contributed by atoms with van der Waals surface area (Å²) in [6, 6.07) is 2.99. The number of nitrogens with zero attached hydrogens (tertiary/aromatic N) is 1. The summed E-state index contributed by atoms with van der Waals surface area (Å²) in [7, 11) is 1.74. The lowest BCUT2D eigenvalue weighted by Gasteiger charge is -2.21. The Balaban J connectivity index is 1.93. The van der Waals surface area contributed by atoms with Crippen molar-refractivity contribution < 1.29 is 13.9 Å². The van der Waals surface area contributed by atoms with Gasteiger partial charge in [0.1, 0.15) is 11.6 Å². The van der Waals surface area contributed by atoms with Crippen LogP contribution in [-0.2, 0) is 17.8 Å². The molecule has 1 heterocycles. The second-order valence-corrected chi connectivity index (χ2v) is 5.69. The Labute approximate surface area is 130 Å². The zero-order chi connectivity index (χ0) is 15.9. The Morgan fingerprint density at radius 2 is 2.18 bits per heavy atom. The molecule has 0 radical (unpaired) electrons. The van der Waals surface area contributed by atoms with E-state index in [1.165, 1.54) is 12.1 Å². The first-order valence-electron chi connectivity index (χ1n) is 7.56. The van der Waals surface area contributed by atoms with Crippen molar-refractivity contribution in [1.29, 1.82) is 0 Å². The first kappa shape index (κ1) is 16.5. The fraction of sp³-hybridized carbons (Fsp3) is 0.562. The van der Waals surface area contributed by atoms with E-state index in [9.17, 15) is 4.39 Å². The molecule has 0 aliphatic carbocycles. The number of rotatable bonds is 5. The number of nitrogens with one attached hydrogen (secondary N) is 2. The largest absolute Gasteiger partial charge is 0.467 e. The number of benzene rings is 1. The molecule has 1 aromatic rings. The summed E-state index contributed by atoms with van der Waals surface area (Å²) in [6.45, 7) is 6.40. The van der Waals surface area contributed by atoms with Crippen LogP contribution in [0.15, 0.2) is 17.1 Å². The summed E-state index contributed by atoms with van der Waals surface area (Å²) in [5.74, 6) is 1.79. The van der Waals surface area contributed by atoms with Crippen LogP contribution in [0.3, 0.4) is 0 Å². The number of aliphatic imine (C=N–C) groups is 1. The third kappa shape index (κ3) is 4.59. The van der Waals surface area contributed by atoms with E-state index in [-0.39, 0.29) is 12.6 Å². The minimum atomic E-state index is -0.259. The van der Waals surface area contributed by atoms with Gasteiger partial charge in [-0.2, -0.15) is 0 Å². The van der Waals surface area contributed by atoms with Gasteiger partial charge < -0.3 is 20.1 Å². The molecule has 0 amide bonds. The Morgan fingerprint density at radius 1 is 1.36 bits per heavy atom. The molecule has 122 valence electrons. The predicted octanol–water partition coefficient (Wildman–Crippen LogP) is 2.06. The van der Waals surface area contributed by atoms with Crippen molar-refractivity contribution in [2.24, 2.45) is 10.9 Å². The van der Waals surface area contributed by atoms with Gasteiger partial charge in [-0.3, -0.25) is 4.99 Å². The first-order chi connectivity index (χ1) is 10.6. The second kappa shape index (κ2) is 7.98. The molecule has 0 saturated heterocycles. The highest BCUT2D eigenvalue weighted by molar-refractivity contribution is 5.79. The van der Waals surface area contributed by atoms with E-state index in [1.54, 1.807) is 7.05 Å². The van der Waals surface area contributed by atoms with Crippen molar-refractivity contribution in [3.8, 4) is 5.75 Å². The third-order valence-corrected chi connectivity index (χ3v) is 3.34. The summed E-state index contributed by atoms with van der Waals surface area (Å²) >= 11 is 0. The van der Waals surface area contributed by atoms with Crippen LogP contribution in [0, 0.1) is 11.7 Å². The number of ether oxygens (including phenoxy) is 2. The molecule has 22 heavy (non-hydrogen) atoms. The van der Waals surface area contributed by atoms with Gasteiger partial charge in [0, 0.05) is 25.7 Å². The van der Waals surface area contributed by atoms with Gasteiger partial charge in [-0.25, -0.2) is 4.39 Å². The maximum absolute atomic E-state index is 13.6. The summed E-state index contributed by atoms with van der Waals surface area (Å²) < 4.78 is 24.3.